The molecular formula is C23H22N4. The number of aryl methyl sites for hydroxylation is 2. The molecule has 0 fully saturated rings. The summed E-state index contributed by atoms with van der Waals surface area (Å²) in [5.74, 6) is 0.865. The van der Waals surface area contributed by atoms with E-state index in [4.69, 9.17) is 4.98 Å². The van der Waals surface area contributed by atoms with Gasteiger partial charge in [-0.2, -0.15) is 0 Å². The van der Waals surface area contributed by atoms with Crippen molar-refractivity contribution >= 4 is 21.8 Å². The van der Waals surface area contributed by atoms with Gasteiger partial charge in [-0.3, -0.25) is 4.90 Å². The van der Waals surface area contributed by atoms with Gasteiger partial charge in [-0.05, 0) is 37.6 Å². The Morgan fingerprint density at radius 2 is 1.81 bits per heavy atom. The predicted molar refractivity (Wildman–Crippen MR) is 109 cm³/mol. The molecule has 0 aliphatic carbocycles. The summed E-state index contributed by atoms with van der Waals surface area (Å²) in [5.41, 5.74) is 7.25. The predicted octanol–water partition coefficient (Wildman–Crippen LogP) is 4.35. The van der Waals surface area contributed by atoms with E-state index in [1.807, 2.05) is 13.1 Å². The van der Waals surface area contributed by atoms with Gasteiger partial charge >= 0.3 is 0 Å². The van der Waals surface area contributed by atoms with Crippen LogP contribution in [-0.2, 0) is 19.5 Å². The van der Waals surface area contributed by atoms with Crippen LogP contribution in [0.1, 0.15) is 28.2 Å². The van der Waals surface area contributed by atoms with Gasteiger partial charge in [0.15, 0.2) is 0 Å². The summed E-state index contributed by atoms with van der Waals surface area (Å²) < 4.78 is 0. The van der Waals surface area contributed by atoms with Gasteiger partial charge in [-0.25, -0.2) is 15.0 Å². The third-order valence-corrected chi connectivity index (χ3v) is 5.46. The third-order valence-electron chi connectivity index (χ3n) is 5.46. The van der Waals surface area contributed by atoms with E-state index in [1.165, 1.54) is 33.2 Å². The first-order valence-corrected chi connectivity index (χ1v) is 9.49. The van der Waals surface area contributed by atoms with Crippen molar-refractivity contribution in [1.29, 1.82) is 0 Å². The van der Waals surface area contributed by atoms with Gasteiger partial charge in [0.1, 0.15) is 5.82 Å². The van der Waals surface area contributed by atoms with Crippen LogP contribution >= 0.6 is 0 Å². The summed E-state index contributed by atoms with van der Waals surface area (Å²) in [6.07, 6.45) is 2.98. The lowest BCUT2D eigenvalue weighted by atomic mass is 9.99. The van der Waals surface area contributed by atoms with E-state index in [2.05, 4.69) is 64.3 Å². The third kappa shape index (κ3) is 2.96. The molecule has 1 aliphatic rings. The van der Waals surface area contributed by atoms with Crippen LogP contribution in [0.4, 0.5) is 0 Å². The van der Waals surface area contributed by atoms with Gasteiger partial charge in [0.25, 0.3) is 0 Å². The highest BCUT2D eigenvalue weighted by Gasteiger charge is 2.20. The lowest BCUT2D eigenvalue weighted by molar-refractivity contribution is 0.244. The largest absolute Gasteiger partial charge is 0.294 e. The molecule has 2 aromatic carbocycles. The van der Waals surface area contributed by atoms with Crippen molar-refractivity contribution in [3.63, 3.8) is 0 Å². The fourth-order valence-electron chi connectivity index (χ4n) is 4.09. The molecule has 4 nitrogen and oxygen atoms in total. The molecule has 3 heterocycles. The summed E-state index contributed by atoms with van der Waals surface area (Å²) in [6.45, 7) is 6.95. The van der Waals surface area contributed by atoms with Crippen LogP contribution in [0.2, 0.25) is 0 Å². The molecule has 27 heavy (non-hydrogen) atoms. The van der Waals surface area contributed by atoms with E-state index >= 15 is 0 Å². The minimum atomic E-state index is 0.865. The molecular weight excluding hydrogens is 332 g/mol. The van der Waals surface area contributed by atoms with E-state index in [1.54, 1.807) is 0 Å². The first kappa shape index (κ1) is 16.3. The number of nitrogens with zero attached hydrogens (tertiary/aromatic N) is 4. The second-order valence-electron chi connectivity index (χ2n) is 7.48. The maximum Gasteiger partial charge on any atom is 0.125 e. The average Bonchev–Trinajstić information content (AvgIpc) is 2.68. The van der Waals surface area contributed by atoms with E-state index in [9.17, 15) is 0 Å². The number of hydrogen-bond donors (Lipinski definition) is 0. The molecule has 0 unspecified atom stereocenters. The van der Waals surface area contributed by atoms with Gasteiger partial charge in [0, 0.05) is 54.3 Å². The van der Waals surface area contributed by atoms with E-state index in [-0.39, 0.29) is 0 Å². The van der Waals surface area contributed by atoms with Crippen molar-refractivity contribution in [1.82, 2.24) is 19.9 Å². The van der Waals surface area contributed by atoms with Crippen molar-refractivity contribution in [2.24, 2.45) is 0 Å². The zero-order valence-corrected chi connectivity index (χ0v) is 15.7. The Morgan fingerprint density at radius 1 is 0.963 bits per heavy atom. The molecule has 0 N–H and O–H groups in total. The van der Waals surface area contributed by atoms with Gasteiger partial charge in [0.2, 0.25) is 0 Å². The minimum Gasteiger partial charge on any atom is -0.294 e. The number of benzene rings is 2. The molecule has 2 aromatic heterocycles. The number of hydrogen-bond acceptors (Lipinski definition) is 4. The second-order valence-corrected chi connectivity index (χ2v) is 7.48. The average molecular weight is 354 g/mol. The lowest BCUT2D eigenvalue weighted by Gasteiger charge is -2.28. The van der Waals surface area contributed by atoms with Crippen molar-refractivity contribution in [3.8, 4) is 0 Å². The summed E-state index contributed by atoms with van der Waals surface area (Å²) >= 11 is 0. The number of aromatic nitrogens is 3. The van der Waals surface area contributed by atoms with Gasteiger partial charge in [0.05, 0.1) is 11.0 Å². The molecule has 134 valence electrons. The molecule has 0 radical (unpaired) electrons. The van der Waals surface area contributed by atoms with Gasteiger partial charge < -0.3 is 0 Å². The van der Waals surface area contributed by atoms with Crippen molar-refractivity contribution in [3.05, 3.63) is 76.9 Å². The quantitative estimate of drug-likeness (QED) is 0.502. The van der Waals surface area contributed by atoms with Crippen molar-refractivity contribution < 1.29 is 0 Å². The van der Waals surface area contributed by atoms with Crippen LogP contribution in [0.5, 0.6) is 0 Å². The lowest BCUT2D eigenvalue weighted by Crippen LogP contribution is -2.31. The van der Waals surface area contributed by atoms with Gasteiger partial charge in [-0.15, -0.1) is 0 Å². The van der Waals surface area contributed by atoms with Crippen LogP contribution in [0.15, 0.2) is 48.7 Å². The molecule has 5 rings (SSSR count). The molecule has 0 saturated heterocycles. The van der Waals surface area contributed by atoms with E-state index in [0.29, 0.717) is 0 Å². The fourth-order valence-corrected chi connectivity index (χ4v) is 4.09. The molecule has 4 aromatic rings. The maximum absolute atomic E-state index is 4.88. The summed E-state index contributed by atoms with van der Waals surface area (Å²) in [5, 5.41) is 2.52. The molecule has 0 amide bonds. The maximum atomic E-state index is 4.88. The highest BCUT2D eigenvalue weighted by Crippen LogP contribution is 2.29. The number of para-hydroxylation sites is 1. The highest BCUT2D eigenvalue weighted by atomic mass is 15.1. The SMILES string of the molecule is Cc1ccc2nc3ccccc3c(CN3CCc4nc(C)ncc4C3)c2c1. The first-order chi connectivity index (χ1) is 13.2. The Morgan fingerprint density at radius 3 is 2.74 bits per heavy atom. The molecule has 0 atom stereocenters. The number of fused-ring (bicyclic) bond motifs is 3. The Bertz CT molecular complexity index is 1170. The first-order valence-electron chi connectivity index (χ1n) is 9.49. The van der Waals surface area contributed by atoms with Crippen LogP contribution < -0.4 is 0 Å². The van der Waals surface area contributed by atoms with E-state index in [0.717, 1.165) is 42.9 Å². The minimum absolute atomic E-state index is 0.865. The Labute approximate surface area is 158 Å². The van der Waals surface area contributed by atoms with Gasteiger partial charge in [-0.1, -0.05) is 29.8 Å². The topological polar surface area (TPSA) is 41.9 Å². The van der Waals surface area contributed by atoms with Crippen LogP contribution in [-0.4, -0.2) is 26.4 Å². The summed E-state index contributed by atoms with van der Waals surface area (Å²) in [7, 11) is 0. The van der Waals surface area contributed by atoms with Crippen LogP contribution in [0, 0.1) is 13.8 Å². The summed E-state index contributed by atoms with van der Waals surface area (Å²) in [4.78, 5) is 16.4. The number of rotatable bonds is 2. The molecule has 4 heteroatoms. The van der Waals surface area contributed by atoms with Crippen LogP contribution in [0.3, 0.4) is 0 Å². The zero-order chi connectivity index (χ0) is 18.4. The normalized spacial score (nSPS) is 14.6. The summed E-state index contributed by atoms with van der Waals surface area (Å²) in [6, 6.07) is 15.0. The Hall–Kier alpha value is -2.85. The fraction of sp³-hybridized carbons (Fsp3) is 0.261. The van der Waals surface area contributed by atoms with Crippen molar-refractivity contribution in [2.45, 2.75) is 33.4 Å². The molecule has 1 aliphatic heterocycles. The van der Waals surface area contributed by atoms with Crippen molar-refractivity contribution in [2.75, 3.05) is 6.54 Å². The standard InChI is InChI=1S/C23H22N4/c1-15-7-8-23-19(11-15)20(18-5-3-4-6-22(18)26-23)14-27-10-9-21-17(13-27)12-24-16(2)25-21/h3-8,11-12H,9-10,13-14H2,1-2H3. The monoisotopic (exact) mass is 354 g/mol. The Kier molecular flexibility index (Phi) is 3.87. The smallest absolute Gasteiger partial charge is 0.125 e. The highest BCUT2D eigenvalue weighted by molar-refractivity contribution is 5.97. The molecule has 0 saturated carbocycles. The number of pyridine rings is 1. The molecule has 0 bridgehead atoms. The second kappa shape index (κ2) is 6.39. The van der Waals surface area contributed by atoms with E-state index < -0.39 is 0 Å². The van der Waals surface area contributed by atoms with Crippen LogP contribution in [0.25, 0.3) is 21.8 Å². The Balaban J connectivity index is 1.59. The zero-order valence-electron chi connectivity index (χ0n) is 15.7. The molecule has 0 spiro atoms.